The standard InChI is InChI=1S/C10H17N5O2/c11-7-4-2-1-3-6(7)5-12-8-9(16)13-10(17)15-14-8/h6-7H,1-5,11H2,(H,12,14)(H2,13,15,16,17). The van der Waals surface area contributed by atoms with Crippen molar-refractivity contribution in [3.8, 4) is 0 Å². The maximum absolute atomic E-state index is 11.4. The molecule has 0 bridgehead atoms. The maximum Gasteiger partial charge on any atom is 0.342 e. The van der Waals surface area contributed by atoms with Gasteiger partial charge in [0.1, 0.15) is 0 Å². The lowest BCUT2D eigenvalue weighted by atomic mass is 9.85. The van der Waals surface area contributed by atoms with Crippen molar-refractivity contribution < 1.29 is 0 Å². The molecule has 0 radical (unpaired) electrons. The number of hydrogen-bond acceptors (Lipinski definition) is 5. The molecule has 1 saturated carbocycles. The molecule has 1 aromatic heterocycles. The van der Waals surface area contributed by atoms with E-state index in [4.69, 9.17) is 5.73 Å². The van der Waals surface area contributed by atoms with Gasteiger partial charge in [0, 0.05) is 12.6 Å². The van der Waals surface area contributed by atoms with Crippen LogP contribution in [0.1, 0.15) is 25.7 Å². The number of aromatic nitrogens is 3. The summed E-state index contributed by atoms with van der Waals surface area (Å²) in [4.78, 5) is 24.3. The third-order valence-corrected chi connectivity index (χ3v) is 3.21. The molecule has 0 aromatic carbocycles. The number of H-pyrrole nitrogens is 2. The van der Waals surface area contributed by atoms with Crippen LogP contribution in [0.2, 0.25) is 0 Å². The van der Waals surface area contributed by atoms with E-state index in [1.165, 1.54) is 12.8 Å². The molecule has 17 heavy (non-hydrogen) atoms. The zero-order chi connectivity index (χ0) is 12.3. The van der Waals surface area contributed by atoms with Crippen LogP contribution < -0.4 is 22.3 Å². The van der Waals surface area contributed by atoms with E-state index >= 15 is 0 Å². The molecule has 2 rings (SSSR count). The molecule has 5 N–H and O–H groups in total. The highest BCUT2D eigenvalue weighted by molar-refractivity contribution is 5.28. The second-order valence-corrected chi connectivity index (χ2v) is 4.44. The Morgan fingerprint density at radius 1 is 1.35 bits per heavy atom. The minimum Gasteiger partial charge on any atom is -0.364 e. The van der Waals surface area contributed by atoms with Crippen molar-refractivity contribution in [2.75, 3.05) is 11.9 Å². The Morgan fingerprint density at radius 2 is 2.12 bits per heavy atom. The summed E-state index contributed by atoms with van der Waals surface area (Å²) in [5, 5.41) is 8.77. The lowest BCUT2D eigenvalue weighted by Gasteiger charge is -2.28. The molecule has 0 spiro atoms. The van der Waals surface area contributed by atoms with Crippen molar-refractivity contribution in [2.24, 2.45) is 11.7 Å². The Bertz CT molecular complexity index is 480. The van der Waals surface area contributed by atoms with Gasteiger partial charge in [-0.05, 0) is 18.8 Å². The maximum atomic E-state index is 11.4. The minimum absolute atomic E-state index is 0.141. The molecule has 7 heteroatoms. The van der Waals surface area contributed by atoms with Gasteiger partial charge in [-0.1, -0.05) is 12.8 Å². The fourth-order valence-electron chi connectivity index (χ4n) is 2.19. The van der Waals surface area contributed by atoms with Crippen molar-refractivity contribution in [3.63, 3.8) is 0 Å². The van der Waals surface area contributed by atoms with Gasteiger partial charge in [-0.2, -0.15) is 0 Å². The number of hydrogen-bond donors (Lipinski definition) is 4. The highest BCUT2D eigenvalue weighted by atomic mass is 16.2. The van der Waals surface area contributed by atoms with E-state index in [0.717, 1.165) is 12.8 Å². The van der Waals surface area contributed by atoms with Crippen molar-refractivity contribution in [3.05, 3.63) is 20.8 Å². The van der Waals surface area contributed by atoms with Crippen LogP contribution in [0.15, 0.2) is 9.59 Å². The SMILES string of the molecule is NC1CCCCC1CNc1n[nH]c(=O)[nH]c1=O. The first-order valence-electron chi connectivity index (χ1n) is 5.85. The van der Waals surface area contributed by atoms with Crippen LogP contribution in [0.3, 0.4) is 0 Å². The van der Waals surface area contributed by atoms with Crippen LogP contribution in [0.5, 0.6) is 0 Å². The van der Waals surface area contributed by atoms with Crippen molar-refractivity contribution >= 4 is 5.82 Å². The van der Waals surface area contributed by atoms with Crippen LogP contribution in [0, 0.1) is 5.92 Å². The number of nitrogens with two attached hydrogens (primary N) is 1. The topological polar surface area (TPSA) is 117 Å². The first-order valence-corrected chi connectivity index (χ1v) is 5.85. The second kappa shape index (κ2) is 5.13. The Kier molecular flexibility index (Phi) is 3.58. The van der Waals surface area contributed by atoms with Crippen LogP contribution in [0.25, 0.3) is 0 Å². The van der Waals surface area contributed by atoms with Gasteiger partial charge < -0.3 is 11.1 Å². The molecule has 1 aromatic rings. The fraction of sp³-hybridized carbons (Fsp3) is 0.700. The Balaban J connectivity index is 1.97. The molecular formula is C10H17N5O2. The molecule has 0 saturated heterocycles. The zero-order valence-electron chi connectivity index (χ0n) is 9.53. The van der Waals surface area contributed by atoms with E-state index in [1.54, 1.807) is 0 Å². The van der Waals surface area contributed by atoms with Crippen molar-refractivity contribution in [1.29, 1.82) is 0 Å². The van der Waals surface area contributed by atoms with Crippen molar-refractivity contribution in [1.82, 2.24) is 15.2 Å². The Hall–Kier alpha value is -1.63. The molecule has 2 unspecified atom stereocenters. The lowest BCUT2D eigenvalue weighted by molar-refractivity contribution is 0.321. The predicted octanol–water partition coefficient (Wildman–Crippen LogP) is -0.612. The number of nitrogens with zero attached hydrogens (tertiary/aromatic N) is 1. The van der Waals surface area contributed by atoms with E-state index in [2.05, 4.69) is 20.5 Å². The van der Waals surface area contributed by atoms with Crippen LogP contribution in [0.4, 0.5) is 5.82 Å². The van der Waals surface area contributed by atoms with E-state index in [9.17, 15) is 9.59 Å². The third-order valence-electron chi connectivity index (χ3n) is 3.21. The molecule has 0 aliphatic heterocycles. The normalized spacial score (nSPS) is 24.5. The summed E-state index contributed by atoms with van der Waals surface area (Å²) in [6.45, 7) is 0.614. The van der Waals surface area contributed by atoms with Gasteiger partial charge >= 0.3 is 5.69 Å². The van der Waals surface area contributed by atoms with Crippen molar-refractivity contribution in [2.45, 2.75) is 31.7 Å². The number of nitrogens with one attached hydrogen (secondary N) is 3. The second-order valence-electron chi connectivity index (χ2n) is 4.44. The predicted molar refractivity (Wildman–Crippen MR) is 63.9 cm³/mol. The quantitative estimate of drug-likeness (QED) is 0.561. The zero-order valence-corrected chi connectivity index (χ0v) is 9.53. The molecule has 94 valence electrons. The van der Waals surface area contributed by atoms with Gasteiger partial charge in [0.25, 0.3) is 5.56 Å². The van der Waals surface area contributed by atoms with E-state index in [1.807, 2.05) is 0 Å². The fourth-order valence-corrected chi connectivity index (χ4v) is 2.19. The van der Waals surface area contributed by atoms with Gasteiger partial charge in [0.05, 0.1) is 0 Å². The van der Waals surface area contributed by atoms with Crippen LogP contribution in [-0.2, 0) is 0 Å². The summed E-state index contributed by atoms with van der Waals surface area (Å²) in [6.07, 6.45) is 4.45. The summed E-state index contributed by atoms with van der Waals surface area (Å²) >= 11 is 0. The van der Waals surface area contributed by atoms with Gasteiger partial charge in [0.2, 0.25) is 5.82 Å². The summed E-state index contributed by atoms with van der Waals surface area (Å²) < 4.78 is 0. The third kappa shape index (κ3) is 2.94. The van der Waals surface area contributed by atoms with E-state index in [0.29, 0.717) is 12.5 Å². The molecule has 7 nitrogen and oxygen atoms in total. The van der Waals surface area contributed by atoms with Crippen LogP contribution >= 0.6 is 0 Å². The molecule has 1 aliphatic carbocycles. The van der Waals surface area contributed by atoms with Gasteiger partial charge in [-0.25, -0.2) is 9.89 Å². The average molecular weight is 239 g/mol. The molecule has 1 fully saturated rings. The highest BCUT2D eigenvalue weighted by Crippen LogP contribution is 2.22. The average Bonchev–Trinajstić information content (AvgIpc) is 2.30. The smallest absolute Gasteiger partial charge is 0.342 e. The first-order chi connectivity index (χ1) is 8.16. The monoisotopic (exact) mass is 239 g/mol. The molecule has 0 amide bonds. The summed E-state index contributed by atoms with van der Waals surface area (Å²) in [6, 6.07) is 0.179. The number of rotatable bonds is 3. The number of aromatic amines is 2. The van der Waals surface area contributed by atoms with Crippen LogP contribution in [-0.4, -0.2) is 27.8 Å². The molecule has 1 aliphatic rings. The van der Waals surface area contributed by atoms with Gasteiger partial charge in [-0.15, -0.1) is 5.10 Å². The van der Waals surface area contributed by atoms with Gasteiger partial charge in [0.15, 0.2) is 0 Å². The highest BCUT2D eigenvalue weighted by Gasteiger charge is 2.21. The van der Waals surface area contributed by atoms with Gasteiger partial charge in [-0.3, -0.25) is 9.78 Å². The first kappa shape index (κ1) is 11.8. The lowest BCUT2D eigenvalue weighted by Crippen LogP contribution is -2.38. The van der Waals surface area contributed by atoms with E-state index in [-0.39, 0.29) is 11.9 Å². The molecular weight excluding hydrogens is 222 g/mol. The Labute approximate surface area is 97.8 Å². The molecule has 1 heterocycles. The molecule has 2 atom stereocenters. The summed E-state index contributed by atoms with van der Waals surface area (Å²) in [7, 11) is 0. The minimum atomic E-state index is -0.602. The summed E-state index contributed by atoms with van der Waals surface area (Å²) in [5.74, 6) is 0.499. The largest absolute Gasteiger partial charge is 0.364 e. The summed E-state index contributed by atoms with van der Waals surface area (Å²) in [5.41, 5.74) is 4.90. The van der Waals surface area contributed by atoms with E-state index < -0.39 is 11.2 Å². The number of anilines is 1. The Morgan fingerprint density at radius 3 is 2.82 bits per heavy atom.